The molecule has 0 aliphatic carbocycles. The Hall–Kier alpha value is -1.53. The highest BCUT2D eigenvalue weighted by molar-refractivity contribution is 6.48. The van der Waals surface area contributed by atoms with Crippen LogP contribution in [0.4, 0.5) is 0 Å². The third-order valence-electron chi connectivity index (χ3n) is 4.58. The molecule has 0 aromatic heterocycles. The fraction of sp³-hybridized carbons (Fsp3) is 0.562. The van der Waals surface area contributed by atoms with Crippen LogP contribution in [0.1, 0.15) is 51.1 Å². The third kappa shape index (κ3) is 3.13. The molecule has 1 fully saturated rings. The van der Waals surface area contributed by atoms with Crippen LogP contribution in [0.3, 0.4) is 0 Å². The molecule has 1 unspecified atom stereocenters. The lowest BCUT2D eigenvalue weighted by molar-refractivity contribution is -0.137. The molecule has 1 aromatic rings. The van der Waals surface area contributed by atoms with Crippen LogP contribution in [0.25, 0.3) is 0 Å². The van der Waals surface area contributed by atoms with Crippen molar-refractivity contribution in [3.8, 4) is 5.75 Å². The summed E-state index contributed by atoms with van der Waals surface area (Å²) in [7, 11) is -0.713. The molecular formula is C16H23BO5. The van der Waals surface area contributed by atoms with Crippen LogP contribution in [0.2, 0.25) is 0 Å². The number of hydrogen-bond donors (Lipinski definition) is 2. The second-order valence-corrected chi connectivity index (χ2v) is 6.89. The number of carboxylic acid groups (broad SMARTS) is 1. The third-order valence-corrected chi connectivity index (χ3v) is 4.58. The number of carboxylic acids is 1. The van der Waals surface area contributed by atoms with Crippen LogP contribution >= 0.6 is 0 Å². The van der Waals surface area contributed by atoms with Crippen molar-refractivity contribution >= 4 is 13.1 Å². The molecule has 2 rings (SSSR count). The van der Waals surface area contributed by atoms with E-state index in [-0.39, 0.29) is 12.2 Å². The summed E-state index contributed by atoms with van der Waals surface area (Å²) in [5, 5.41) is 19.4. The van der Waals surface area contributed by atoms with Gasteiger partial charge in [-0.1, -0.05) is 12.1 Å². The summed E-state index contributed by atoms with van der Waals surface area (Å²) < 4.78 is 11.9. The summed E-state index contributed by atoms with van der Waals surface area (Å²) in [5.41, 5.74) is 0.347. The van der Waals surface area contributed by atoms with E-state index < -0.39 is 30.1 Å². The standard InChI is InChI=1S/C16H23BO5/c1-10-6-7-11(13(18)8-10)12(9-14(19)20)17-21-15(2,3)16(4,5)22-17/h6-8,12,18H,9H2,1-5H3,(H,19,20). The van der Waals surface area contributed by atoms with Crippen molar-refractivity contribution in [1.29, 1.82) is 0 Å². The highest BCUT2D eigenvalue weighted by atomic mass is 16.7. The minimum absolute atomic E-state index is 0.0703. The molecule has 6 heteroatoms. The molecule has 0 bridgehead atoms. The summed E-state index contributed by atoms with van der Waals surface area (Å²) in [6, 6.07) is 5.20. The van der Waals surface area contributed by atoms with E-state index in [0.29, 0.717) is 5.56 Å². The lowest BCUT2D eigenvalue weighted by Crippen LogP contribution is -2.41. The zero-order chi connectivity index (χ0) is 16.7. The van der Waals surface area contributed by atoms with Gasteiger partial charge < -0.3 is 19.5 Å². The predicted molar refractivity (Wildman–Crippen MR) is 83.9 cm³/mol. The largest absolute Gasteiger partial charge is 0.508 e. The number of carbonyl (C=O) groups is 1. The molecule has 5 nitrogen and oxygen atoms in total. The molecule has 0 radical (unpaired) electrons. The van der Waals surface area contributed by atoms with Crippen molar-refractivity contribution < 1.29 is 24.3 Å². The second-order valence-electron chi connectivity index (χ2n) is 6.89. The van der Waals surface area contributed by atoms with Crippen LogP contribution in [0.15, 0.2) is 18.2 Å². The van der Waals surface area contributed by atoms with Crippen molar-refractivity contribution in [3.63, 3.8) is 0 Å². The van der Waals surface area contributed by atoms with E-state index in [1.807, 2.05) is 40.7 Å². The molecule has 120 valence electrons. The van der Waals surface area contributed by atoms with E-state index in [4.69, 9.17) is 9.31 Å². The molecule has 1 atom stereocenters. The predicted octanol–water partition coefficient (Wildman–Crippen LogP) is 2.89. The fourth-order valence-corrected chi connectivity index (χ4v) is 2.56. The van der Waals surface area contributed by atoms with Gasteiger partial charge in [0.2, 0.25) is 0 Å². The summed E-state index contributed by atoms with van der Waals surface area (Å²) >= 11 is 0. The molecule has 0 amide bonds. The zero-order valence-corrected chi connectivity index (χ0v) is 13.7. The van der Waals surface area contributed by atoms with Crippen LogP contribution in [-0.2, 0) is 14.1 Å². The SMILES string of the molecule is Cc1ccc(C(CC(=O)O)B2OC(C)(C)C(C)(C)O2)c(O)c1. The zero-order valence-electron chi connectivity index (χ0n) is 13.7. The first-order chi connectivity index (χ1) is 10.0. The normalized spacial score (nSPS) is 20.9. The van der Waals surface area contributed by atoms with Gasteiger partial charge in [0.1, 0.15) is 5.75 Å². The molecule has 2 N–H and O–H groups in total. The Kier molecular flexibility index (Phi) is 4.28. The van der Waals surface area contributed by atoms with Crippen LogP contribution in [0, 0.1) is 6.92 Å². The van der Waals surface area contributed by atoms with E-state index in [0.717, 1.165) is 5.56 Å². The Labute approximate surface area is 131 Å². The second kappa shape index (κ2) is 5.59. The first-order valence-electron chi connectivity index (χ1n) is 7.40. The maximum atomic E-state index is 11.2. The van der Waals surface area contributed by atoms with E-state index in [9.17, 15) is 15.0 Å². The van der Waals surface area contributed by atoms with Crippen molar-refractivity contribution in [1.82, 2.24) is 0 Å². The monoisotopic (exact) mass is 306 g/mol. The van der Waals surface area contributed by atoms with Gasteiger partial charge in [-0.25, -0.2) is 0 Å². The van der Waals surface area contributed by atoms with Gasteiger partial charge in [-0.3, -0.25) is 4.79 Å². The van der Waals surface area contributed by atoms with Gasteiger partial charge in [-0.05, 0) is 51.8 Å². The Morgan fingerprint density at radius 2 is 1.77 bits per heavy atom. The Balaban J connectivity index is 2.38. The minimum Gasteiger partial charge on any atom is -0.508 e. The topological polar surface area (TPSA) is 76.0 Å². The summed E-state index contributed by atoms with van der Waals surface area (Å²) in [6.07, 6.45) is -0.173. The summed E-state index contributed by atoms with van der Waals surface area (Å²) in [6.45, 7) is 9.53. The van der Waals surface area contributed by atoms with Crippen molar-refractivity contribution in [3.05, 3.63) is 29.3 Å². The Morgan fingerprint density at radius 1 is 1.23 bits per heavy atom. The Morgan fingerprint density at radius 3 is 2.23 bits per heavy atom. The van der Waals surface area contributed by atoms with E-state index in [1.165, 1.54) is 0 Å². The smallest absolute Gasteiger partial charge is 0.466 e. The van der Waals surface area contributed by atoms with E-state index >= 15 is 0 Å². The van der Waals surface area contributed by atoms with Crippen molar-refractivity contribution in [2.45, 2.75) is 58.1 Å². The Bertz CT molecular complexity index is 566. The molecule has 0 saturated carbocycles. The van der Waals surface area contributed by atoms with Crippen molar-refractivity contribution in [2.24, 2.45) is 0 Å². The first-order valence-corrected chi connectivity index (χ1v) is 7.40. The van der Waals surface area contributed by atoms with Crippen LogP contribution in [-0.4, -0.2) is 34.5 Å². The number of rotatable bonds is 4. The number of benzene rings is 1. The molecule has 1 aliphatic rings. The van der Waals surface area contributed by atoms with E-state index in [2.05, 4.69) is 0 Å². The van der Waals surface area contributed by atoms with Gasteiger partial charge in [-0.15, -0.1) is 0 Å². The van der Waals surface area contributed by atoms with Gasteiger partial charge >= 0.3 is 13.1 Å². The lowest BCUT2D eigenvalue weighted by atomic mass is 9.66. The fourth-order valence-electron chi connectivity index (χ4n) is 2.56. The number of hydrogen-bond acceptors (Lipinski definition) is 4. The van der Waals surface area contributed by atoms with Gasteiger partial charge in [0.05, 0.1) is 17.6 Å². The quantitative estimate of drug-likeness (QED) is 0.837. The minimum atomic E-state index is -0.959. The first kappa shape index (κ1) is 16.8. The lowest BCUT2D eigenvalue weighted by Gasteiger charge is -2.32. The maximum absolute atomic E-state index is 11.2. The van der Waals surface area contributed by atoms with E-state index in [1.54, 1.807) is 12.1 Å². The van der Waals surface area contributed by atoms with Gasteiger partial charge in [0, 0.05) is 5.82 Å². The molecule has 1 aromatic carbocycles. The summed E-state index contributed by atoms with van der Waals surface area (Å²) in [4.78, 5) is 11.2. The van der Waals surface area contributed by atoms with Crippen LogP contribution < -0.4 is 0 Å². The van der Waals surface area contributed by atoms with Gasteiger partial charge in [0.15, 0.2) is 0 Å². The van der Waals surface area contributed by atoms with Gasteiger partial charge in [-0.2, -0.15) is 0 Å². The number of aliphatic carboxylic acids is 1. The number of phenols is 1. The average molecular weight is 306 g/mol. The highest BCUT2D eigenvalue weighted by Crippen LogP contribution is 2.43. The van der Waals surface area contributed by atoms with Crippen molar-refractivity contribution in [2.75, 3.05) is 0 Å². The maximum Gasteiger partial charge on any atom is 0.466 e. The molecular weight excluding hydrogens is 283 g/mol. The molecule has 0 spiro atoms. The average Bonchev–Trinajstić information content (AvgIpc) is 2.56. The summed E-state index contributed by atoms with van der Waals surface area (Å²) in [5.74, 6) is -1.46. The molecule has 1 saturated heterocycles. The molecule has 1 aliphatic heterocycles. The van der Waals surface area contributed by atoms with Gasteiger partial charge in [0.25, 0.3) is 0 Å². The highest BCUT2D eigenvalue weighted by Gasteiger charge is 2.54. The number of aromatic hydroxyl groups is 1. The number of phenolic OH excluding ortho intramolecular Hbond substituents is 1. The molecule has 1 heterocycles. The van der Waals surface area contributed by atoms with Crippen LogP contribution in [0.5, 0.6) is 5.75 Å². The number of aryl methyl sites for hydroxylation is 1. The molecule has 22 heavy (non-hydrogen) atoms.